The van der Waals surface area contributed by atoms with Gasteiger partial charge in [0.15, 0.2) is 5.12 Å². The van der Waals surface area contributed by atoms with E-state index >= 15 is 0 Å². The van der Waals surface area contributed by atoms with E-state index in [0.29, 0.717) is 12.3 Å². The highest BCUT2D eigenvalue weighted by atomic mass is 32.2. The number of nitrogens with zero attached hydrogens (tertiary/aromatic N) is 1. The van der Waals surface area contributed by atoms with Gasteiger partial charge in [0.2, 0.25) is 5.91 Å². The number of hydrogen-bond donors (Lipinski definition) is 1. The normalized spacial score (nSPS) is 18.0. The Bertz CT molecular complexity index is 710. The van der Waals surface area contributed by atoms with Gasteiger partial charge in [0.05, 0.1) is 0 Å². The van der Waals surface area contributed by atoms with Crippen LogP contribution in [0.15, 0.2) is 30.5 Å². The van der Waals surface area contributed by atoms with Crippen LogP contribution in [-0.4, -0.2) is 39.7 Å². The number of rotatable bonds is 6. The van der Waals surface area contributed by atoms with Gasteiger partial charge < -0.3 is 9.88 Å². The third-order valence-corrected chi connectivity index (χ3v) is 5.41. The number of amides is 1. The highest BCUT2D eigenvalue weighted by Gasteiger charge is 2.29. The summed E-state index contributed by atoms with van der Waals surface area (Å²) in [6.07, 6.45) is 4.61. The van der Waals surface area contributed by atoms with Gasteiger partial charge in [0, 0.05) is 49.3 Å². The van der Waals surface area contributed by atoms with E-state index in [1.807, 2.05) is 11.0 Å². The standard InChI is InChI=1S/C18H22N2O2S/c1-13(21)23-12-14-9-18(22)20(11-14)8-4-5-15-10-19-17-7-3-2-6-16(15)17/h2-3,6-7,10,14,19H,4-5,8-9,11-12H2,1H3. The lowest BCUT2D eigenvalue weighted by atomic mass is 10.1. The second kappa shape index (κ2) is 7.21. The summed E-state index contributed by atoms with van der Waals surface area (Å²) in [4.78, 5) is 28.3. The van der Waals surface area contributed by atoms with Gasteiger partial charge in [-0.1, -0.05) is 30.0 Å². The van der Waals surface area contributed by atoms with Gasteiger partial charge in [-0.2, -0.15) is 0 Å². The minimum absolute atomic E-state index is 0.134. The SMILES string of the molecule is CC(=O)SCC1CC(=O)N(CCCc2c[nH]c3ccccc23)C1. The largest absolute Gasteiger partial charge is 0.361 e. The predicted octanol–water partition coefficient (Wildman–Crippen LogP) is 3.23. The molecule has 2 heterocycles. The molecule has 122 valence electrons. The Kier molecular flexibility index (Phi) is 5.06. The van der Waals surface area contributed by atoms with Crippen LogP contribution in [0.3, 0.4) is 0 Å². The summed E-state index contributed by atoms with van der Waals surface area (Å²) in [5.74, 6) is 1.32. The molecule has 1 aromatic heterocycles. The Balaban J connectivity index is 1.49. The van der Waals surface area contributed by atoms with Crippen molar-refractivity contribution in [2.24, 2.45) is 5.92 Å². The maximum absolute atomic E-state index is 12.1. The van der Waals surface area contributed by atoms with Crippen molar-refractivity contribution in [3.05, 3.63) is 36.0 Å². The fraction of sp³-hybridized carbons (Fsp3) is 0.444. The van der Waals surface area contributed by atoms with Gasteiger partial charge >= 0.3 is 0 Å². The van der Waals surface area contributed by atoms with Crippen LogP contribution >= 0.6 is 11.8 Å². The number of aromatic nitrogens is 1. The topological polar surface area (TPSA) is 53.2 Å². The van der Waals surface area contributed by atoms with Crippen molar-refractivity contribution in [2.45, 2.75) is 26.2 Å². The molecule has 4 nitrogen and oxygen atoms in total. The van der Waals surface area contributed by atoms with E-state index in [4.69, 9.17) is 0 Å². The molecule has 1 aliphatic rings. The number of aryl methyl sites for hydroxylation is 1. The maximum atomic E-state index is 12.1. The van der Waals surface area contributed by atoms with Gasteiger partial charge in [0.25, 0.3) is 0 Å². The molecule has 2 aromatic rings. The average molecular weight is 330 g/mol. The van der Waals surface area contributed by atoms with Crippen LogP contribution in [0.5, 0.6) is 0 Å². The number of hydrogen-bond acceptors (Lipinski definition) is 3. The average Bonchev–Trinajstić information content (AvgIpc) is 3.10. The molecule has 1 fully saturated rings. The zero-order valence-electron chi connectivity index (χ0n) is 13.4. The Morgan fingerprint density at radius 3 is 3.04 bits per heavy atom. The molecular weight excluding hydrogens is 308 g/mol. The molecule has 1 N–H and O–H groups in total. The minimum Gasteiger partial charge on any atom is -0.361 e. The lowest BCUT2D eigenvalue weighted by Gasteiger charge is -2.16. The molecule has 0 spiro atoms. The maximum Gasteiger partial charge on any atom is 0.222 e. The van der Waals surface area contributed by atoms with Crippen molar-refractivity contribution in [1.29, 1.82) is 0 Å². The molecule has 0 aliphatic carbocycles. The molecule has 1 unspecified atom stereocenters. The molecule has 1 aliphatic heterocycles. The number of H-pyrrole nitrogens is 1. The highest BCUT2D eigenvalue weighted by Crippen LogP contribution is 2.23. The molecule has 0 radical (unpaired) electrons. The van der Waals surface area contributed by atoms with Gasteiger partial charge in [-0.05, 0) is 30.4 Å². The van der Waals surface area contributed by atoms with Crippen molar-refractivity contribution >= 4 is 33.7 Å². The second-order valence-electron chi connectivity index (χ2n) is 6.18. The first kappa shape index (κ1) is 16.1. The molecule has 0 bridgehead atoms. The lowest BCUT2D eigenvalue weighted by Crippen LogP contribution is -2.26. The van der Waals surface area contributed by atoms with Crippen LogP contribution in [0.2, 0.25) is 0 Å². The molecule has 0 saturated carbocycles. The van der Waals surface area contributed by atoms with Crippen LogP contribution in [-0.2, 0) is 16.0 Å². The second-order valence-corrected chi connectivity index (χ2v) is 7.37. The lowest BCUT2D eigenvalue weighted by molar-refractivity contribution is -0.127. The molecule has 1 saturated heterocycles. The van der Waals surface area contributed by atoms with Gasteiger partial charge in [-0.15, -0.1) is 0 Å². The van der Waals surface area contributed by atoms with Crippen molar-refractivity contribution in [1.82, 2.24) is 9.88 Å². The van der Waals surface area contributed by atoms with E-state index in [2.05, 4.69) is 29.4 Å². The first-order valence-corrected chi connectivity index (χ1v) is 9.08. The minimum atomic E-state index is 0.134. The number of carbonyl (C=O) groups is 2. The Morgan fingerprint density at radius 1 is 1.39 bits per heavy atom. The molecule has 1 atom stereocenters. The number of benzene rings is 1. The zero-order valence-corrected chi connectivity index (χ0v) is 14.2. The third-order valence-electron chi connectivity index (χ3n) is 4.37. The summed E-state index contributed by atoms with van der Waals surface area (Å²) in [6.45, 7) is 3.19. The van der Waals surface area contributed by atoms with E-state index in [0.717, 1.165) is 31.7 Å². The molecule has 3 rings (SSSR count). The highest BCUT2D eigenvalue weighted by molar-refractivity contribution is 8.13. The Morgan fingerprint density at radius 2 is 2.22 bits per heavy atom. The van der Waals surface area contributed by atoms with E-state index in [1.54, 1.807) is 6.92 Å². The number of carbonyl (C=O) groups excluding carboxylic acids is 2. The number of thioether (sulfide) groups is 1. The van der Waals surface area contributed by atoms with Crippen LogP contribution < -0.4 is 0 Å². The number of nitrogens with one attached hydrogen (secondary N) is 1. The van der Waals surface area contributed by atoms with Crippen LogP contribution in [0.1, 0.15) is 25.3 Å². The van der Waals surface area contributed by atoms with Crippen LogP contribution in [0.25, 0.3) is 10.9 Å². The Hall–Kier alpha value is -1.75. The first-order valence-electron chi connectivity index (χ1n) is 8.09. The first-order chi connectivity index (χ1) is 11.1. The van der Waals surface area contributed by atoms with E-state index < -0.39 is 0 Å². The van der Waals surface area contributed by atoms with Crippen molar-refractivity contribution in [3.63, 3.8) is 0 Å². The quantitative estimate of drug-likeness (QED) is 0.885. The van der Waals surface area contributed by atoms with Crippen LogP contribution in [0, 0.1) is 5.92 Å². The van der Waals surface area contributed by atoms with Crippen molar-refractivity contribution < 1.29 is 9.59 Å². The van der Waals surface area contributed by atoms with E-state index in [9.17, 15) is 9.59 Å². The van der Waals surface area contributed by atoms with Crippen molar-refractivity contribution in [3.8, 4) is 0 Å². The predicted molar refractivity (Wildman–Crippen MR) is 94.4 cm³/mol. The van der Waals surface area contributed by atoms with E-state index in [1.165, 1.54) is 28.2 Å². The molecule has 1 amide bonds. The molecule has 5 heteroatoms. The van der Waals surface area contributed by atoms with Crippen molar-refractivity contribution in [2.75, 3.05) is 18.8 Å². The monoisotopic (exact) mass is 330 g/mol. The number of likely N-dealkylation sites (tertiary alicyclic amines) is 1. The summed E-state index contributed by atoms with van der Waals surface area (Å²) in [7, 11) is 0. The fourth-order valence-corrected chi connectivity index (χ4v) is 3.91. The number of fused-ring (bicyclic) bond motifs is 1. The van der Waals surface area contributed by atoms with E-state index in [-0.39, 0.29) is 11.0 Å². The molecule has 1 aromatic carbocycles. The summed E-state index contributed by atoms with van der Waals surface area (Å²) in [6, 6.07) is 8.31. The van der Waals surface area contributed by atoms with Gasteiger partial charge in [-0.25, -0.2) is 0 Å². The fourth-order valence-electron chi connectivity index (χ4n) is 3.22. The summed E-state index contributed by atoms with van der Waals surface area (Å²) < 4.78 is 0. The molecular formula is C18H22N2O2S. The summed E-state index contributed by atoms with van der Waals surface area (Å²) in [5, 5.41) is 1.41. The molecule has 23 heavy (non-hydrogen) atoms. The Labute approximate surface area is 140 Å². The third kappa shape index (κ3) is 3.96. The number of para-hydroxylation sites is 1. The number of aromatic amines is 1. The van der Waals surface area contributed by atoms with Gasteiger partial charge in [-0.3, -0.25) is 9.59 Å². The van der Waals surface area contributed by atoms with Crippen LogP contribution in [0.4, 0.5) is 0 Å². The summed E-state index contributed by atoms with van der Waals surface area (Å²) in [5.41, 5.74) is 2.48. The van der Waals surface area contributed by atoms with Gasteiger partial charge in [0.1, 0.15) is 0 Å². The smallest absolute Gasteiger partial charge is 0.222 e. The zero-order chi connectivity index (χ0) is 16.2. The summed E-state index contributed by atoms with van der Waals surface area (Å²) >= 11 is 1.33.